The summed E-state index contributed by atoms with van der Waals surface area (Å²) in [6.45, 7) is 1.97. The van der Waals surface area contributed by atoms with Crippen molar-refractivity contribution in [3.8, 4) is 5.75 Å². The molecule has 0 aliphatic heterocycles. The Morgan fingerprint density at radius 2 is 1.83 bits per heavy atom. The monoisotopic (exact) mass is 302 g/mol. The molecule has 0 saturated carbocycles. The summed E-state index contributed by atoms with van der Waals surface area (Å²) in [4.78, 5) is 16.7. The molecule has 0 fully saturated rings. The van der Waals surface area contributed by atoms with Gasteiger partial charge in [0.15, 0.2) is 5.69 Å². The first-order valence-corrected chi connectivity index (χ1v) is 7.36. The molecule has 2 heterocycles. The predicted octanol–water partition coefficient (Wildman–Crippen LogP) is 4.02. The van der Waals surface area contributed by atoms with Gasteiger partial charge in [0.2, 0.25) is 0 Å². The molecular formula is C19H14N2O2. The van der Waals surface area contributed by atoms with E-state index in [0.29, 0.717) is 11.4 Å². The van der Waals surface area contributed by atoms with Gasteiger partial charge in [-0.1, -0.05) is 36.4 Å². The van der Waals surface area contributed by atoms with Crippen molar-refractivity contribution in [3.05, 3.63) is 78.2 Å². The molecule has 112 valence electrons. The number of esters is 1. The van der Waals surface area contributed by atoms with Crippen molar-refractivity contribution in [2.75, 3.05) is 0 Å². The number of carbonyl (C=O) groups excluding carboxylic acids is 1. The number of carbonyl (C=O) groups is 1. The van der Waals surface area contributed by atoms with Crippen LogP contribution >= 0.6 is 0 Å². The van der Waals surface area contributed by atoms with Gasteiger partial charge >= 0.3 is 5.97 Å². The van der Waals surface area contributed by atoms with Crippen LogP contribution in [0.15, 0.2) is 66.9 Å². The zero-order valence-electron chi connectivity index (χ0n) is 12.6. The number of fused-ring (bicyclic) bond motifs is 2. The van der Waals surface area contributed by atoms with E-state index in [-0.39, 0.29) is 0 Å². The van der Waals surface area contributed by atoms with E-state index in [1.54, 1.807) is 12.3 Å². The van der Waals surface area contributed by atoms with Gasteiger partial charge in [-0.3, -0.25) is 0 Å². The van der Waals surface area contributed by atoms with Crippen molar-refractivity contribution in [2.45, 2.75) is 6.92 Å². The van der Waals surface area contributed by atoms with Crippen molar-refractivity contribution in [2.24, 2.45) is 0 Å². The lowest BCUT2D eigenvalue weighted by Crippen LogP contribution is -2.08. The SMILES string of the molecule is Cc1cccc2nc(C(=O)Oc3ccc4ccccc4c3)cn12. The second kappa shape index (κ2) is 5.25. The maximum absolute atomic E-state index is 12.3. The topological polar surface area (TPSA) is 43.6 Å². The minimum atomic E-state index is -0.455. The standard InChI is InChI=1S/C19H14N2O2/c1-13-5-4-8-18-20-17(12-21(13)18)19(22)23-16-10-9-14-6-2-3-7-15(14)11-16/h2-12H,1H3. The maximum Gasteiger partial charge on any atom is 0.363 e. The van der Waals surface area contributed by atoms with E-state index in [1.165, 1.54) is 0 Å². The normalized spacial score (nSPS) is 11.0. The smallest absolute Gasteiger partial charge is 0.363 e. The van der Waals surface area contributed by atoms with E-state index in [1.807, 2.05) is 65.9 Å². The van der Waals surface area contributed by atoms with Crippen molar-refractivity contribution in [3.63, 3.8) is 0 Å². The van der Waals surface area contributed by atoms with Crippen molar-refractivity contribution in [1.29, 1.82) is 0 Å². The molecule has 0 saturated heterocycles. The number of benzene rings is 2. The third-order valence-corrected chi connectivity index (χ3v) is 3.84. The molecule has 2 aromatic carbocycles. The zero-order chi connectivity index (χ0) is 15.8. The average molecular weight is 302 g/mol. The molecule has 4 rings (SSSR count). The van der Waals surface area contributed by atoms with Crippen LogP contribution < -0.4 is 4.74 Å². The lowest BCUT2D eigenvalue weighted by Gasteiger charge is -2.04. The molecule has 4 heteroatoms. The van der Waals surface area contributed by atoms with Crippen LogP contribution in [-0.4, -0.2) is 15.4 Å². The van der Waals surface area contributed by atoms with Gasteiger partial charge in [0.1, 0.15) is 11.4 Å². The van der Waals surface area contributed by atoms with Crippen LogP contribution in [0.5, 0.6) is 5.75 Å². The summed E-state index contributed by atoms with van der Waals surface area (Å²) >= 11 is 0. The molecule has 0 spiro atoms. The number of imidazole rings is 1. The first-order chi connectivity index (χ1) is 11.2. The van der Waals surface area contributed by atoms with Gasteiger partial charge in [-0.2, -0.15) is 0 Å². The van der Waals surface area contributed by atoms with Crippen molar-refractivity contribution < 1.29 is 9.53 Å². The molecule has 23 heavy (non-hydrogen) atoms. The second-order valence-corrected chi connectivity index (χ2v) is 5.42. The molecule has 0 radical (unpaired) electrons. The first kappa shape index (κ1) is 13.5. The van der Waals surface area contributed by atoms with E-state index in [4.69, 9.17) is 4.74 Å². The second-order valence-electron chi connectivity index (χ2n) is 5.42. The number of aromatic nitrogens is 2. The number of rotatable bonds is 2. The van der Waals surface area contributed by atoms with E-state index in [9.17, 15) is 4.79 Å². The van der Waals surface area contributed by atoms with Gasteiger partial charge in [-0.25, -0.2) is 9.78 Å². The van der Waals surface area contributed by atoms with Crippen molar-refractivity contribution in [1.82, 2.24) is 9.38 Å². The fourth-order valence-corrected chi connectivity index (χ4v) is 2.64. The lowest BCUT2D eigenvalue weighted by molar-refractivity contribution is 0.0729. The summed E-state index contributed by atoms with van der Waals surface area (Å²) < 4.78 is 7.34. The Bertz CT molecular complexity index is 1030. The highest BCUT2D eigenvalue weighted by Crippen LogP contribution is 2.21. The van der Waals surface area contributed by atoms with Crippen LogP contribution in [-0.2, 0) is 0 Å². The molecule has 0 unspecified atom stereocenters. The molecule has 2 aromatic heterocycles. The Kier molecular flexibility index (Phi) is 3.08. The highest BCUT2D eigenvalue weighted by atomic mass is 16.5. The number of pyridine rings is 1. The summed E-state index contributed by atoms with van der Waals surface area (Å²) in [7, 11) is 0. The van der Waals surface area contributed by atoms with Crippen LogP contribution in [0.4, 0.5) is 0 Å². The Labute approximate surface area is 133 Å². The highest BCUT2D eigenvalue weighted by Gasteiger charge is 2.14. The highest BCUT2D eigenvalue weighted by molar-refractivity contribution is 5.91. The van der Waals surface area contributed by atoms with Gasteiger partial charge in [-0.15, -0.1) is 0 Å². The number of hydrogen-bond donors (Lipinski definition) is 0. The zero-order valence-corrected chi connectivity index (χ0v) is 12.6. The number of ether oxygens (including phenoxy) is 1. The van der Waals surface area contributed by atoms with Crippen LogP contribution in [0.2, 0.25) is 0 Å². The molecule has 0 atom stereocenters. The summed E-state index contributed by atoms with van der Waals surface area (Å²) in [6, 6.07) is 19.3. The van der Waals surface area contributed by atoms with Gasteiger partial charge in [0.05, 0.1) is 0 Å². The summed E-state index contributed by atoms with van der Waals surface area (Å²) in [5.74, 6) is 0.0610. The van der Waals surface area contributed by atoms with Crippen LogP contribution in [0, 0.1) is 6.92 Å². The number of nitrogens with zero attached hydrogens (tertiary/aromatic N) is 2. The quantitative estimate of drug-likeness (QED) is 0.415. The van der Waals surface area contributed by atoms with Crippen LogP contribution in [0.1, 0.15) is 16.2 Å². The Morgan fingerprint density at radius 1 is 1.00 bits per heavy atom. The Morgan fingerprint density at radius 3 is 2.65 bits per heavy atom. The van der Waals surface area contributed by atoms with Gasteiger partial charge < -0.3 is 9.14 Å². The van der Waals surface area contributed by atoms with Crippen LogP contribution in [0.3, 0.4) is 0 Å². The Hall–Kier alpha value is -3.14. The fourth-order valence-electron chi connectivity index (χ4n) is 2.64. The number of aryl methyl sites for hydroxylation is 1. The molecule has 0 N–H and O–H groups in total. The predicted molar refractivity (Wildman–Crippen MR) is 88.8 cm³/mol. The lowest BCUT2D eigenvalue weighted by atomic mass is 10.1. The van der Waals surface area contributed by atoms with E-state index in [0.717, 1.165) is 22.1 Å². The molecular weight excluding hydrogens is 288 g/mol. The largest absolute Gasteiger partial charge is 0.422 e. The number of hydrogen-bond acceptors (Lipinski definition) is 3. The third-order valence-electron chi connectivity index (χ3n) is 3.84. The average Bonchev–Trinajstić information content (AvgIpc) is 3.01. The molecule has 0 bridgehead atoms. The summed E-state index contributed by atoms with van der Waals surface area (Å²) in [6.07, 6.45) is 1.70. The minimum Gasteiger partial charge on any atom is -0.422 e. The molecule has 4 nitrogen and oxygen atoms in total. The minimum absolute atomic E-state index is 0.299. The summed E-state index contributed by atoms with van der Waals surface area (Å²) in [5, 5.41) is 2.14. The molecule has 0 aliphatic carbocycles. The van der Waals surface area contributed by atoms with E-state index in [2.05, 4.69) is 4.98 Å². The van der Waals surface area contributed by atoms with Crippen LogP contribution in [0.25, 0.3) is 16.4 Å². The first-order valence-electron chi connectivity index (χ1n) is 7.36. The molecule has 0 amide bonds. The Balaban J connectivity index is 1.66. The fraction of sp³-hybridized carbons (Fsp3) is 0.0526. The van der Waals surface area contributed by atoms with Crippen molar-refractivity contribution >= 4 is 22.4 Å². The van der Waals surface area contributed by atoms with E-state index >= 15 is 0 Å². The van der Waals surface area contributed by atoms with Gasteiger partial charge in [0, 0.05) is 11.9 Å². The summed E-state index contributed by atoms with van der Waals surface area (Å²) in [5.41, 5.74) is 2.04. The maximum atomic E-state index is 12.3. The molecule has 4 aromatic rings. The van der Waals surface area contributed by atoms with E-state index < -0.39 is 5.97 Å². The molecule has 0 aliphatic rings. The van der Waals surface area contributed by atoms with Gasteiger partial charge in [-0.05, 0) is 42.0 Å². The van der Waals surface area contributed by atoms with Gasteiger partial charge in [0.25, 0.3) is 0 Å². The third kappa shape index (κ3) is 2.44.